The Bertz CT molecular complexity index is 729. The van der Waals surface area contributed by atoms with Crippen LogP contribution in [-0.4, -0.2) is 38.5 Å². The molecule has 9 heteroatoms. The summed E-state index contributed by atoms with van der Waals surface area (Å²) in [5.41, 5.74) is 0.260. The summed E-state index contributed by atoms with van der Waals surface area (Å²) in [6.07, 6.45) is 0. The highest BCUT2D eigenvalue weighted by Gasteiger charge is 2.24. The maximum Gasteiger partial charge on any atom is 0.237 e. The molecule has 7 nitrogen and oxygen atoms in total. The number of nitrogens with one attached hydrogen (secondary N) is 1. The molecule has 0 unspecified atom stereocenters. The van der Waals surface area contributed by atoms with E-state index in [4.69, 9.17) is 16.3 Å². The SMILES string of the molecule is COc1ccc(Cl)cc1NC(=O)[C@@H](C)Sc1nnnn1C(C)(C)C. The summed E-state index contributed by atoms with van der Waals surface area (Å²) in [5, 5.41) is 15.2. The van der Waals surface area contributed by atoms with Crippen LogP contribution in [0.4, 0.5) is 5.69 Å². The summed E-state index contributed by atoms with van der Waals surface area (Å²) in [6.45, 7) is 7.78. The quantitative estimate of drug-likeness (QED) is 0.815. The molecule has 1 heterocycles. The van der Waals surface area contributed by atoms with Gasteiger partial charge in [-0.15, -0.1) is 5.10 Å². The average Bonchev–Trinajstić information content (AvgIpc) is 2.95. The van der Waals surface area contributed by atoms with E-state index in [0.717, 1.165) is 0 Å². The Morgan fingerprint density at radius 2 is 2.12 bits per heavy atom. The predicted octanol–water partition coefficient (Wildman–Crippen LogP) is 3.21. The van der Waals surface area contributed by atoms with E-state index in [2.05, 4.69) is 20.8 Å². The van der Waals surface area contributed by atoms with E-state index < -0.39 is 5.25 Å². The molecule has 1 aromatic carbocycles. The number of benzene rings is 1. The van der Waals surface area contributed by atoms with Crippen molar-refractivity contribution in [3.63, 3.8) is 0 Å². The summed E-state index contributed by atoms with van der Waals surface area (Å²) < 4.78 is 6.93. The topological polar surface area (TPSA) is 81.9 Å². The van der Waals surface area contributed by atoms with Gasteiger partial charge in [0.25, 0.3) is 0 Å². The van der Waals surface area contributed by atoms with Gasteiger partial charge in [0.15, 0.2) is 0 Å². The van der Waals surface area contributed by atoms with Crippen LogP contribution in [0.1, 0.15) is 27.7 Å². The zero-order valence-electron chi connectivity index (χ0n) is 14.2. The lowest BCUT2D eigenvalue weighted by atomic mass is 10.1. The van der Waals surface area contributed by atoms with Crippen LogP contribution in [0.2, 0.25) is 5.02 Å². The summed E-state index contributed by atoms with van der Waals surface area (Å²) in [5.74, 6) is 0.355. The van der Waals surface area contributed by atoms with E-state index in [9.17, 15) is 4.79 Å². The number of hydrogen-bond acceptors (Lipinski definition) is 6. The number of amides is 1. The Hall–Kier alpha value is -1.80. The van der Waals surface area contributed by atoms with Crippen molar-refractivity contribution in [2.24, 2.45) is 0 Å². The van der Waals surface area contributed by atoms with Gasteiger partial charge in [0, 0.05) is 5.02 Å². The first-order valence-corrected chi connectivity index (χ1v) is 8.58. The Morgan fingerprint density at radius 3 is 2.75 bits per heavy atom. The third-order valence-electron chi connectivity index (χ3n) is 3.15. The Morgan fingerprint density at radius 1 is 1.42 bits per heavy atom. The second-order valence-corrected chi connectivity index (χ2v) is 7.88. The fourth-order valence-electron chi connectivity index (χ4n) is 1.90. The first-order chi connectivity index (χ1) is 11.2. The van der Waals surface area contributed by atoms with Crippen LogP contribution < -0.4 is 10.1 Å². The third-order valence-corrected chi connectivity index (χ3v) is 4.42. The number of thioether (sulfide) groups is 1. The number of carbonyl (C=O) groups is 1. The van der Waals surface area contributed by atoms with E-state index in [1.807, 2.05) is 20.8 Å². The van der Waals surface area contributed by atoms with Gasteiger partial charge < -0.3 is 10.1 Å². The van der Waals surface area contributed by atoms with Gasteiger partial charge in [-0.2, -0.15) is 0 Å². The molecule has 0 aliphatic heterocycles. The number of tetrazole rings is 1. The number of carbonyl (C=O) groups excluding carboxylic acids is 1. The molecule has 24 heavy (non-hydrogen) atoms. The average molecular weight is 370 g/mol. The molecule has 2 rings (SSSR count). The van der Waals surface area contributed by atoms with Crippen molar-refractivity contribution in [1.29, 1.82) is 0 Å². The van der Waals surface area contributed by atoms with Gasteiger partial charge in [0.1, 0.15) is 5.75 Å². The third kappa shape index (κ3) is 4.39. The van der Waals surface area contributed by atoms with Crippen molar-refractivity contribution < 1.29 is 9.53 Å². The molecule has 0 fully saturated rings. The van der Waals surface area contributed by atoms with Crippen molar-refractivity contribution in [2.45, 2.75) is 43.6 Å². The van der Waals surface area contributed by atoms with Gasteiger partial charge in [-0.3, -0.25) is 4.79 Å². The number of hydrogen-bond donors (Lipinski definition) is 1. The molecule has 0 saturated heterocycles. The molecule has 2 aromatic rings. The maximum atomic E-state index is 12.5. The van der Waals surface area contributed by atoms with E-state index in [1.165, 1.54) is 18.9 Å². The minimum atomic E-state index is -0.402. The molecule has 1 aromatic heterocycles. The Balaban J connectivity index is 2.11. The lowest BCUT2D eigenvalue weighted by Gasteiger charge is -2.20. The number of methoxy groups -OCH3 is 1. The molecular formula is C15H20ClN5O2S. The zero-order valence-corrected chi connectivity index (χ0v) is 15.8. The summed E-state index contributed by atoms with van der Waals surface area (Å²) >= 11 is 7.27. The summed E-state index contributed by atoms with van der Waals surface area (Å²) in [7, 11) is 1.54. The molecule has 0 spiro atoms. The van der Waals surface area contributed by atoms with Gasteiger partial charge in [0.2, 0.25) is 11.1 Å². The highest BCUT2D eigenvalue weighted by Crippen LogP contribution is 2.30. The summed E-state index contributed by atoms with van der Waals surface area (Å²) in [4.78, 5) is 12.5. The summed E-state index contributed by atoms with van der Waals surface area (Å²) in [6, 6.07) is 5.05. The molecule has 0 bridgehead atoms. The van der Waals surface area contributed by atoms with Crippen LogP contribution in [0, 0.1) is 0 Å². The van der Waals surface area contributed by atoms with Crippen molar-refractivity contribution >= 4 is 35.0 Å². The lowest BCUT2D eigenvalue weighted by molar-refractivity contribution is -0.115. The number of halogens is 1. The molecule has 0 aliphatic carbocycles. The normalized spacial score (nSPS) is 12.8. The molecule has 1 N–H and O–H groups in total. The van der Waals surface area contributed by atoms with Crippen LogP contribution in [0.25, 0.3) is 0 Å². The second kappa shape index (κ2) is 7.40. The number of nitrogens with zero attached hydrogens (tertiary/aromatic N) is 4. The molecule has 0 aliphatic rings. The van der Waals surface area contributed by atoms with Gasteiger partial charge in [-0.1, -0.05) is 23.4 Å². The van der Waals surface area contributed by atoms with Crippen molar-refractivity contribution in [2.75, 3.05) is 12.4 Å². The van der Waals surface area contributed by atoms with E-state index in [-0.39, 0.29) is 11.4 Å². The fraction of sp³-hybridized carbons (Fsp3) is 0.467. The van der Waals surface area contributed by atoms with Crippen LogP contribution in [0.15, 0.2) is 23.4 Å². The van der Waals surface area contributed by atoms with Gasteiger partial charge in [-0.25, -0.2) is 4.68 Å². The largest absolute Gasteiger partial charge is 0.495 e. The van der Waals surface area contributed by atoms with Crippen molar-refractivity contribution in [1.82, 2.24) is 20.2 Å². The molecule has 130 valence electrons. The van der Waals surface area contributed by atoms with Crippen LogP contribution in [0.3, 0.4) is 0 Å². The second-order valence-electron chi connectivity index (χ2n) is 6.14. The smallest absolute Gasteiger partial charge is 0.237 e. The Kier molecular flexibility index (Phi) is 5.71. The predicted molar refractivity (Wildman–Crippen MR) is 94.8 cm³/mol. The highest BCUT2D eigenvalue weighted by molar-refractivity contribution is 8.00. The van der Waals surface area contributed by atoms with Gasteiger partial charge in [-0.05, 0) is 56.3 Å². The highest BCUT2D eigenvalue weighted by atomic mass is 35.5. The van der Waals surface area contributed by atoms with Crippen LogP contribution in [0.5, 0.6) is 5.75 Å². The van der Waals surface area contributed by atoms with Gasteiger partial charge in [0.05, 0.1) is 23.6 Å². The van der Waals surface area contributed by atoms with Gasteiger partial charge >= 0.3 is 0 Å². The van der Waals surface area contributed by atoms with E-state index >= 15 is 0 Å². The fourth-order valence-corrected chi connectivity index (χ4v) is 3.05. The zero-order chi connectivity index (χ0) is 17.9. The molecule has 1 amide bonds. The minimum Gasteiger partial charge on any atom is -0.495 e. The maximum absolute atomic E-state index is 12.5. The molecule has 1 atom stereocenters. The first kappa shape index (κ1) is 18.5. The monoisotopic (exact) mass is 369 g/mol. The number of aromatic nitrogens is 4. The number of ether oxygens (including phenoxy) is 1. The molecule has 0 saturated carbocycles. The number of anilines is 1. The van der Waals surface area contributed by atoms with E-state index in [0.29, 0.717) is 21.6 Å². The Labute approximate surface area is 150 Å². The van der Waals surface area contributed by atoms with Crippen molar-refractivity contribution in [3.8, 4) is 5.75 Å². The van der Waals surface area contributed by atoms with Crippen molar-refractivity contribution in [3.05, 3.63) is 23.2 Å². The van der Waals surface area contributed by atoms with E-state index in [1.54, 1.807) is 29.8 Å². The number of rotatable bonds is 5. The van der Waals surface area contributed by atoms with Crippen LogP contribution >= 0.6 is 23.4 Å². The first-order valence-electron chi connectivity index (χ1n) is 7.32. The minimum absolute atomic E-state index is 0.191. The lowest BCUT2D eigenvalue weighted by Crippen LogP contribution is -2.27. The molecular weight excluding hydrogens is 350 g/mol. The standard InChI is InChI=1S/C15H20ClN5O2S/c1-9(24-14-18-19-20-21(14)15(2,3)4)13(22)17-11-8-10(16)6-7-12(11)23-5/h6-9H,1-5H3,(H,17,22)/t9-/m1/s1. The molecule has 0 radical (unpaired) electrons. The van der Waals surface area contributed by atoms with Crippen LogP contribution in [-0.2, 0) is 10.3 Å².